The molecule has 6 fully saturated rings. The minimum atomic E-state index is -0.680. The fourth-order valence-corrected chi connectivity index (χ4v) is 12.3. The number of rotatable bonds is 12. The molecule has 362 valence electrons. The van der Waals surface area contributed by atoms with Crippen LogP contribution in [-0.2, 0) is 9.47 Å². The van der Waals surface area contributed by atoms with Gasteiger partial charge in [-0.05, 0) is 193 Å². The van der Waals surface area contributed by atoms with Crippen molar-refractivity contribution >= 4 is 46.6 Å². The zero-order valence-electron chi connectivity index (χ0n) is 40.5. The third-order valence-electron chi connectivity index (χ3n) is 15.9. The summed E-state index contributed by atoms with van der Waals surface area (Å²) >= 11 is 2.15. The minimum absolute atomic E-state index is 0. The third-order valence-corrected chi connectivity index (χ3v) is 15.9. The molecule has 10 heteroatoms. The van der Waals surface area contributed by atoms with Crippen molar-refractivity contribution in [2.45, 2.75) is 206 Å². The number of hydrogen-bond donors (Lipinski definition) is 6. The van der Waals surface area contributed by atoms with Crippen molar-refractivity contribution in [3.63, 3.8) is 0 Å². The number of hydrogen-bond acceptors (Lipinski definition) is 8. The lowest BCUT2D eigenvalue weighted by Gasteiger charge is -2.44. The molecule has 0 radical (unpaired) electrons. The number of fused-ring (bicyclic) bond motifs is 2. The zero-order valence-corrected chi connectivity index (χ0v) is 45.0. The van der Waals surface area contributed by atoms with Crippen LogP contribution in [0.25, 0.3) is 0 Å². The lowest BCUT2D eigenvalue weighted by molar-refractivity contribution is -0.0459. The van der Waals surface area contributed by atoms with Crippen molar-refractivity contribution in [3.05, 3.63) is 70.9 Å². The highest BCUT2D eigenvalue weighted by atomic mass is 127. The van der Waals surface area contributed by atoms with Crippen molar-refractivity contribution in [1.29, 1.82) is 0 Å². The van der Waals surface area contributed by atoms with Crippen molar-refractivity contribution in [1.82, 2.24) is 0 Å². The number of aliphatic hydroxyl groups is 6. The summed E-state index contributed by atoms with van der Waals surface area (Å²) in [6.07, 6.45) is 22.0. The summed E-state index contributed by atoms with van der Waals surface area (Å²) in [5.41, 5.74) is 5.63. The molecule has 6 saturated carbocycles. The normalized spacial score (nSPS) is 37.1. The Morgan fingerprint density at radius 3 is 1.33 bits per heavy atom. The SMILES string of the molecule is C=C1/C(=C/C=C2\CCC[C@]3(C)[C@@H]([C@H](C)OCCC(C)(C)O)CC[C@@H]23)C[C@@H](O)C[C@@H]1O.C=C1/C(=C\C=C2/CCC[C@]3(C)[C@@H]([C@H](C)OCCC(C)(C)O)CC[C@@H]23)C[C@@H](O)C[C@@H]1O.CI.I. The summed E-state index contributed by atoms with van der Waals surface area (Å²) < 4.78 is 12.4. The molecule has 63 heavy (non-hydrogen) atoms. The minimum Gasteiger partial charge on any atom is -0.393 e. The maximum atomic E-state index is 10.1. The number of ether oxygens (including phenoxy) is 2. The fraction of sp³-hybridized carbons (Fsp3) is 0.774. The maximum Gasteiger partial charge on any atom is 0.0811 e. The van der Waals surface area contributed by atoms with Gasteiger partial charge in [0, 0.05) is 26.1 Å². The molecule has 0 aliphatic heterocycles. The molecule has 0 bridgehead atoms. The predicted octanol–water partition coefficient (Wildman–Crippen LogP) is 11.1. The lowest BCUT2D eigenvalue weighted by atomic mass is 9.62. The van der Waals surface area contributed by atoms with E-state index in [1.165, 1.54) is 62.5 Å². The monoisotopic (exact) mass is 1110 g/mol. The summed E-state index contributed by atoms with van der Waals surface area (Å²) in [5, 5.41) is 60.2. The smallest absolute Gasteiger partial charge is 0.0811 e. The van der Waals surface area contributed by atoms with Crippen LogP contribution in [0, 0.1) is 34.5 Å². The molecule has 0 heterocycles. The average molecular weight is 1110 g/mol. The number of halogens is 2. The van der Waals surface area contributed by atoms with Crippen LogP contribution < -0.4 is 0 Å². The van der Waals surface area contributed by atoms with Gasteiger partial charge >= 0.3 is 0 Å². The van der Waals surface area contributed by atoms with E-state index in [4.69, 9.17) is 9.47 Å². The van der Waals surface area contributed by atoms with Crippen LogP contribution in [0.4, 0.5) is 0 Å². The predicted molar refractivity (Wildman–Crippen MR) is 277 cm³/mol. The standard InChI is InChI=1S/2C26H42O4.CH3I.HI/c2*1-17-20(15-21(27)16-24(17)28)9-8-19-7-6-12-26(5)22(10-11-23(19)26)18(2)30-14-13-25(3,4)29;1-2;/h2*8-9,18,21-24,27-29H,1,6-7,10-16H2,2-5H3;1H3;1H/b19-8+,20-9+;19-8+,20-9-;;/t2*18-,21+,22+,23-,24-,26+;;/m00../s1. The van der Waals surface area contributed by atoms with Crippen LogP contribution in [0.1, 0.15) is 158 Å². The molecule has 0 spiro atoms. The highest BCUT2D eigenvalue weighted by Gasteiger charge is 2.52. The number of allylic oxidation sites excluding steroid dienone is 6. The first-order chi connectivity index (χ1) is 29.0. The lowest BCUT2D eigenvalue weighted by Crippen LogP contribution is -2.39. The van der Waals surface area contributed by atoms with Gasteiger partial charge in [0.1, 0.15) is 0 Å². The van der Waals surface area contributed by atoms with Gasteiger partial charge in [-0.15, -0.1) is 24.0 Å². The Morgan fingerprint density at radius 2 is 1.00 bits per heavy atom. The van der Waals surface area contributed by atoms with E-state index in [2.05, 4.69) is 87.7 Å². The molecule has 0 unspecified atom stereocenters. The Bertz CT molecular complexity index is 1500. The Labute approximate surface area is 413 Å². The summed E-state index contributed by atoms with van der Waals surface area (Å²) in [6, 6.07) is 0. The molecule has 6 aliphatic carbocycles. The topological polar surface area (TPSA) is 140 Å². The van der Waals surface area contributed by atoms with E-state index in [1.54, 1.807) is 0 Å². The largest absolute Gasteiger partial charge is 0.393 e. The molecule has 6 N–H and O–H groups in total. The molecular weight excluding hydrogens is 1020 g/mol. The van der Waals surface area contributed by atoms with Crippen molar-refractivity contribution < 1.29 is 40.1 Å². The summed E-state index contributed by atoms with van der Waals surface area (Å²) in [5.74, 6) is 2.21. The van der Waals surface area contributed by atoms with E-state index < -0.39 is 35.6 Å². The summed E-state index contributed by atoms with van der Waals surface area (Å²) in [4.78, 5) is 1.97. The average Bonchev–Trinajstić information content (AvgIpc) is 3.73. The molecule has 0 saturated heterocycles. The second-order valence-electron chi connectivity index (χ2n) is 21.6. The third kappa shape index (κ3) is 15.3. The van der Waals surface area contributed by atoms with E-state index >= 15 is 0 Å². The second kappa shape index (κ2) is 24.7. The van der Waals surface area contributed by atoms with Gasteiger partial charge in [0.05, 0.1) is 47.8 Å². The summed E-state index contributed by atoms with van der Waals surface area (Å²) in [6.45, 7) is 25.9. The van der Waals surface area contributed by atoms with Crippen molar-refractivity contribution in [3.8, 4) is 0 Å². The Morgan fingerprint density at radius 1 is 0.651 bits per heavy atom. The quantitative estimate of drug-likeness (QED) is 0.0839. The maximum absolute atomic E-state index is 10.1. The molecule has 0 aromatic heterocycles. The van der Waals surface area contributed by atoms with Gasteiger partial charge in [-0.25, -0.2) is 0 Å². The molecule has 0 aromatic rings. The van der Waals surface area contributed by atoms with Gasteiger partial charge < -0.3 is 40.1 Å². The van der Waals surface area contributed by atoms with E-state index in [1.807, 2.05) is 32.6 Å². The van der Waals surface area contributed by atoms with Crippen LogP contribution in [0.2, 0.25) is 0 Å². The van der Waals surface area contributed by atoms with Gasteiger partial charge in [-0.3, -0.25) is 0 Å². The highest BCUT2D eigenvalue weighted by molar-refractivity contribution is 14.1. The number of alkyl halides is 1. The van der Waals surface area contributed by atoms with Crippen LogP contribution in [0.15, 0.2) is 70.9 Å². The van der Waals surface area contributed by atoms with Crippen molar-refractivity contribution in [2.75, 3.05) is 18.1 Å². The first-order valence-electron chi connectivity index (χ1n) is 24.0. The Kier molecular flexibility index (Phi) is 22.3. The van der Waals surface area contributed by atoms with E-state index in [0.717, 1.165) is 35.1 Å². The Hall–Kier alpha value is -0.420. The molecule has 8 nitrogen and oxygen atoms in total. The molecule has 6 aliphatic rings. The van der Waals surface area contributed by atoms with Gasteiger partial charge in [-0.2, -0.15) is 0 Å². The van der Waals surface area contributed by atoms with Crippen LogP contribution in [-0.4, -0.2) is 96.6 Å². The van der Waals surface area contributed by atoms with Gasteiger partial charge in [-0.1, -0.05) is 85.0 Å². The van der Waals surface area contributed by atoms with Gasteiger partial charge in [0.15, 0.2) is 0 Å². The van der Waals surface area contributed by atoms with Crippen LogP contribution in [0.5, 0.6) is 0 Å². The van der Waals surface area contributed by atoms with E-state index in [9.17, 15) is 30.6 Å². The zero-order chi connectivity index (χ0) is 46.2. The first-order valence-corrected chi connectivity index (χ1v) is 26.1. The van der Waals surface area contributed by atoms with Crippen molar-refractivity contribution in [2.24, 2.45) is 34.5 Å². The van der Waals surface area contributed by atoms with Crippen LogP contribution >= 0.6 is 46.6 Å². The summed E-state index contributed by atoms with van der Waals surface area (Å²) in [7, 11) is 0. The second-order valence-corrected chi connectivity index (χ2v) is 21.6. The molecule has 6 rings (SSSR count). The fourth-order valence-electron chi connectivity index (χ4n) is 12.3. The highest BCUT2D eigenvalue weighted by Crippen LogP contribution is 2.60. The first kappa shape index (κ1) is 56.9. The van der Waals surface area contributed by atoms with E-state index in [0.29, 0.717) is 75.4 Å². The number of aliphatic hydroxyl groups excluding tert-OH is 4. The molecule has 0 amide bonds. The molecular formula is C53H88I2O8. The van der Waals surface area contributed by atoms with Crippen LogP contribution in [0.3, 0.4) is 0 Å². The molecule has 0 aromatic carbocycles. The van der Waals surface area contributed by atoms with E-state index in [-0.39, 0.29) is 47.0 Å². The Balaban J connectivity index is 0.000000318. The van der Waals surface area contributed by atoms with Gasteiger partial charge in [0.2, 0.25) is 0 Å². The molecule has 12 atom stereocenters. The van der Waals surface area contributed by atoms with Gasteiger partial charge in [0.25, 0.3) is 0 Å².